The third-order valence-corrected chi connectivity index (χ3v) is 14.0. The van der Waals surface area contributed by atoms with Gasteiger partial charge in [0.25, 0.3) is 0 Å². The summed E-state index contributed by atoms with van der Waals surface area (Å²) >= 11 is 0. The third kappa shape index (κ3) is 57.2. The lowest BCUT2D eigenvalue weighted by molar-refractivity contribution is -0.129. The number of amides is 3. The van der Waals surface area contributed by atoms with Crippen LogP contribution in [0.5, 0.6) is 0 Å². The van der Waals surface area contributed by atoms with Crippen LogP contribution in [0.2, 0.25) is 0 Å². The summed E-state index contributed by atoms with van der Waals surface area (Å²) in [4.78, 5) is 54.2. The topological polar surface area (TPSA) is 175 Å². The Morgan fingerprint density at radius 3 is 1.16 bits per heavy atom. The highest BCUT2D eigenvalue weighted by molar-refractivity contribution is 5.88. The van der Waals surface area contributed by atoms with Crippen molar-refractivity contribution >= 4 is 73.1 Å². The number of ketones is 1. The molecule has 0 radical (unpaired) electrons. The molecule has 0 aromatic rings. The van der Waals surface area contributed by atoms with Gasteiger partial charge in [0.05, 0.1) is 6.04 Å². The highest BCUT2D eigenvalue weighted by Gasteiger charge is 2.21. The van der Waals surface area contributed by atoms with Crippen LogP contribution < -0.4 is 32.7 Å². The fraction of sp³-hybridized carbons (Fsp3) is 0.867. The van der Waals surface area contributed by atoms with Crippen molar-refractivity contribution in [1.82, 2.24) is 31.1 Å². The average Bonchev–Trinajstić information content (AvgIpc) is 3.37. The maximum atomic E-state index is 12.9. The SMILES string of the molecule is CCCCCCCC/C=C\CCCCCCCC(=O)NC(CCCCN)C(=O)NCCCN1CCN(CCCNC)CC1.CCCCCCCC/C=C\CCCCCCCC(=O)NC(CCCCN)C(C)=O.Cl.Cl.Cl.Cl. The molecule has 0 aliphatic carbocycles. The van der Waals surface area contributed by atoms with E-state index in [2.05, 4.69) is 69.2 Å². The van der Waals surface area contributed by atoms with Gasteiger partial charge in [0.15, 0.2) is 5.78 Å². The summed E-state index contributed by atoms with van der Waals surface area (Å²) in [7, 11) is 2.01. The van der Waals surface area contributed by atoms with Gasteiger partial charge in [-0.1, -0.05) is 141 Å². The van der Waals surface area contributed by atoms with Crippen molar-refractivity contribution in [2.24, 2.45) is 11.5 Å². The third-order valence-electron chi connectivity index (χ3n) is 14.0. The van der Waals surface area contributed by atoms with Gasteiger partial charge in [0.2, 0.25) is 17.7 Å². The predicted molar refractivity (Wildman–Crippen MR) is 337 cm³/mol. The number of piperazine rings is 1. The molecule has 2 unspecified atom stereocenters. The molecule has 454 valence electrons. The number of nitrogens with zero attached hydrogens (tertiary/aromatic N) is 2. The number of hydrogen-bond donors (Lipinski definition) is 6. The van der Waals surface area contributed by atoms with E-state index in [0.717, 1.165) is 97.1 Å². The molecule has 16 heteroatoms. The van der Waals surface area contributed by atoms with Crippen LogP contribution >= 0.6 is 49.6 Å². The van der Waals surface area contributed by atoms with E-state index in [1.165, 1.54) is 154 Å². The Bertz CT molecular complexity index is 1310. The number of unbranched alkanes of at least 4 members (excludes halogenated alkanes) is 24. The Morgan fingerprint density at radius 1 is 0.447 bits per heavy atom. The van der Waals surface area contributed by atoms with Crippen molar-refractivity contribution in [2.75, 3.05) is 72.5 Å². The fourth-order valence-electron chi connectivity index (χ4n) is 9.23. The summed E-state index contributed by atoms with van der Waals surface area (Å²) in [6, 6.07) is -0.791. The zero-order valence-electron chi connectivity index (χ0n) is 49.3. The monoisotopic (exact) mass is 1160 g/mol. The zero-order chi connectivity index (χ0) is 52.8. The molecule has 1 heterocycles. The number of hydrogen-bond acceptors (Lipinski definition) is 9. The second-order valence-corrected chi connectivity index (χ2v) is 20.9. The Hall–Kier alpha value is -1.48. The lowest BCUT2D eigenvalue weighted by atomic mass is 10.0. The minimum Gasteiger partial charge on any atom is -0.354 e. The minimum absolute atomic E-state index is 0. The second kappa shape index (κ2) is 66.0. The van der Waals surface area contributed by atoms with Gasteiger partial charge < -0.3 is 42.5 Å². The summed E-state index contributed by atoms with van der Waals surface area (Å²) in [6.45, 7) is 15.7. The van der Waals surface area contributed by atoms with Crippen LogP contribution in [0.3, 0.4) is 0 Å². The Morgan fingerprint density at radius 2 is 0.789 bits per heavy atom. The summed E-state index contributed by atoms with van der Waals surface area (Å²) in [5, 5.41) is 12.2. The molecule has 0 aromatic heterocycles. The van der Waals surface area contributed by atoms with Crippen LogP contribution in [-0.4, -0.2) is 118 Å². The number of carbonyl (C=O) groups excluding carboxylic acids is 4. The number of nitrogens with one attached hydrogen (secondary N) is 4. The smallest absolute Gasteiger partial charge is 0.242 e. The molecule has 76 heavy (non-hydrogen) atoms. The average molecular weight is 1160 g/mol. The highest BCUT2D eigenvalue weighted by Crippen LogP contribution is 2.13. The molecular weight excluding hydrogens is 1040 g/mol. The van der Waals surface area contributed by atoms with E-state index in [4.69, 9.17) is 11.5 Å². The first-order valence-corrected chi connectivity index (χ1v) is 30.4. The maximum Gasteiger partial charge on any atom is 0.242 e. The summed E-state index contributed by atoms with van der Waals surface area (Å²) in [6.07, 6.45) is 49.8. The van der Waals surface area contributed by atoms with Crippen molar-refractivity contribution in [3.63, 3.8) is 0 Å². The molecule has 3 amide bonds. The lowest BCUT2D eigenvalue weighted by Gasteiger charge is -2.34. The molecule has 12 nitrogen and oxygen atoms in total. The van der Waals surface area contributed by atoms with E-state index >= 15 is 0 Å². The first-order valence-electron chi connectivity index (χ1n) is 30.4. The zero-order valence-corrected chi connectivity index (χ0v) is 52.6. The van der Waals surface area contributed by atoms with Crippen LogP contribution in [-0.2, 0) is 19.2 Å². The number of Topliss-reactive ketones (excluding diaryl/α,β-unsaturated/α-hetero) is 1. The van der Waals surface area contributed by atoms with Gasteiger partial charge >= 0.3 is 0 Å². The van der Waals surface area contributed by atoms with Crippen molar-refractivity contribution < 1.29 is 19.2 Å². The van der Waals surface area contributed by atoms with E-state index in [0.29, 0.717) is 45.3 Å². The molecule has 1 rings (SSSR count). The Balaban J connectivity index is -0.000000449. The normalized spacial score (nSPS) is 13.3. The first-order chi connectivity index (χ1) is 35.2. The number of allylic oxidation sites excluding steroid dienone is 4. The number of rotatable bonds is 50. The highest BCUT2D eigenvalue weighted by atomic mass is 35.5. The van der Waals surface area contributed by atoms with Gasteiger partial charge in [-0.2, -0.15) is 0 Å². The molecular formula is C60H122Cl4N8O4. The van der Waals surface area contributed by atoms with Gasteiger partial charge in [0, 0.05) is 45.6 Å². The molecule has 1 aliphatic rings. The quantitative estimate of drug-likeness (QED) is 0.0256. The van der Waals surface area contributed by atoms with Crippen LogP contribution in [0.4, 0.5) is 0 Å². The van der Waals surface area contributed by atoms with E-state index in [9.17, 15) is 19.2 Å². The summed E-state index contributed by atoms with van der Waals surface area (Å²) < 4.78 is 0. The molecule has 0 saturated carbocycles. The standard InChI is InChI=1S/C35H70N6O2.C25H48N2O2.4ClH/c1-3-4-5-6-7-8-9-10-11-12-13-14-15-16-17-23-34(42)39-33(22-18-19-24-36)35(43)38-26-21-28-41-31-29-40(30-32-41)27-20-25-37-2;1-3-4-5-6-7-8-9-10-11-12-13-14-15-16-17-21-25(29)27-24(23(2)28)20-18-19-22-26;;;;/h10-11,33,37H,3-9,12-32,36H2,1-2H3,(H,38,43)(H,39,42);10-11,24H,3-9,12-22,26H2,1-2H3,(H,27,29);4*1H/b2*11-10-;;;;. The number of carbonyl (C=O) groups is 4. The molecule has 2 atom stereocenters. The van der Waals surface area contributed by atoms with Crippen molar-refractivity contribution in [1.29, 1.82) is 0 Å². The second-order valence-electron chi connectivity index (χ2n) is 20.9. The number of halogens is 4. The predicted octanol–water partition coefficient (Wildman–Crippen LogP) is 13.3. The molecule has 1 fully saturated rings. The van der Waals surface area contributed by atoms with Gasteiger partial charge in [-0.25, -0.2) is 0 Å². The largest absolute Gasteiger partial charge is 0.354 e. The van der Waals surface area contributed by atoms with Crippen molar-refractivity contribution in [2.45, 2.75) is 264 Å². The molecule has 0 spiro atoms. The van der Waals surface area contributed by atoms with Crippen LogP contribution in [0.25, 0.3) is 0 Å². The fourth-order valence-corrected chi connectivity index (χ4v) is 9.23. The van der Waals surface area contributed by atoms with Gasteiger partial charge in [-0.15, -0.1) is 49.6 Å². The maximum absolute atomic E-state index is 12.9. The van der Waals surface area contributed by atoms with Crippen LogP contribution in [0, 0.1) is 0 Å². The van der Waals surface area contributed by atoms with Gasteiger partial charge in [-0.3, -0.25) is 19.2 Å². The molecule has 0 aromatic carbocycles. The van der Waals surface area contributed by atoms with E-state index in [-0.39, 0.29) is 79.2 Å². The number of nitrogens with two attached hydrogens (primary N) is 2. The summed E-state index contributed by atoms with van der Waals surface area (Å²) in [5.74, 6) is -0.00196. The first kappa shape index (κ1) is 83.3. The van der Waals surface area contributed by atoms with Crippen LogP contribution in [0.1, 0.15) is 252 Å². The Kier molecular flexibility index (Phi) is 72.4. The van der Waals surface area contributed by atoms with Gasteiger partial charge in [-0.05, 0) is 162 Å². The van der Waals surface area contributed by atoms with Gasteiger partial charge in [0.1, 0.15) is 6.04 Å². The Labute approximate surface area is 493 Å². The summed E-state index contributed by atoms with van der Waals surface area (Å²) in [5.41, 5.74) is 11.2. The van der Waals surface area contributed by atoms with E-state index in [1.54, 1.807) is 6.92 Å². The van der Waals surface area contributed by atoms with Crippen LogP contribution in [0.15, 0.2) is 24.3 Å². The molecule has 1 saturated heterocycles. The van der Waals surface area contributed by atoms with E-state index in [1.807, 2.05) is 7.05 Å². The molecule has 0 bridgehead atoms. The molecule has 8 N–H and O–H groups in total. The van der Waals surface area contributed by atoms with E-state index < -0.39 is 6.04 Å². The molecule has 1 aliphatic heterocycles. The van der Waals surface area contributed by atoms with Crippen molar-refractivity contribution in [3.05, 3.63) is 24.3 Å². The lowest BCUT2D eigenvalue weighted by Crippen LogP contribution is -2.48. The van der Waals surface area contributed by atoms with Crippen molar-refractivity contribution in [3.8, 4) is 0 Å². The minimum atomic E-state index is -0.455.